The largest absolute Gasteiger partial charge is 0.198 e. The van der Waals surface area contributed by atoms with Gasteiger partial charge in [-0.25, -0.2) is 0 Å². The lowest BCUT2D eigenvalue weighted by molar-refractivity contribution is 0.146. The molecule has 0 amide bonds. The maximum atomic E-state index is 9.46. The molecule has 0 aromatic carbocycles. The van der Waals surface area contributed by atoms with Gasteiger partial charge in [0.05, 0.1) is 11.5 Å². The predicted molar refractivity (Wildman–Crippen MR) is 68.3 cm³/mol. The summed E-state index contributed by atoms with van der Waals surface area (Å²) in [5.74, 6) is 0. The monoisotopic (exact) mass is 233 g/mol. The van der Waals surface area contributed by atoms with E-state index in [0.29, 0.717) is 5.41 Å². The predicted octanol–water partition coefficient (Wildman–Crippen LogP) is 4.40. The summed E-state index contributed by atoms with van der Waals surface area (Å²) in [7, 11) is 0. The van der Waals surface area contributed by atoms with Gasteiger partial charge in [-0.2, -0.15) is 16.6 Å². The van der Waals surface area contributed by atoms with Crippen molar-refractivity contribution in [2.75, 3.05) is 0 Å². The molecule has 1 heterocycles. The molecule has 1 aromatic rings. The summed E-state index contributed by atoms with van der Waals surface area (Å²) in [6.07, 6.45) is 5.44. The highest BCUT2D eigenvalue weighted by molar-refractivity contribution is 7.07. The summed E-state index contributed by atoms with van der Waals surface area (Å²) in [6.45, 7) is 4.64. The molecule has 0 bridgehead atoms. The molecule has 0 N–H and O–H groups in total. The van der Waals surface area contributed by atoms with Gasteiger partial charge >= 0.3 is 0 Å². The quantitative estimate of drug-likeness (QED) is 0.742. The Bertz CT molecular complexity index is 373. The van der Waals surface area contributed by atoms with E-state index >= 15 is 0 Å². The van der Waals surface area contributed by atoms with Crippen LogP contribution >= 0.6 is 11.3 Å². The van der Waals surface area contributed by atoms with Crippen molar-refractivity contribution >= 4 is 11.3 Å². The summed E-state index contributed by atoms with van der Waals surface area (Å²) in [5, 5.41) is 13.7. The minimum atomic E-state index is -0.0867. The first kappa shape index (κ1) is 11.7. The Labute approximate surface area is 102 Å². The molecular formula is C14H19NS. The van der Waals surface area contributed by atoms with E-state index in [1.54, 1.807) is 11.3 Å². The number of hydrogen-bond donors (Lipinski definition) is 0. The van der Waals surface area contributed by atoms with Crippen LogP contribution in [0.15, 0.2) is 16.8 Å². The Kier molecular flexibility index (Phi) is 3.08. The lowest BCUT2D eigenvalue weighted by Gasteiger charge is -2.39. The molecule has 2 heteroatoms. The highest BCUT2D eigenvalue weighted by Crippen LogP contribution is 2.46. The van der Waals surface area contributed by atoms with Gasteiger partial charge in [-0.15, -0.1) is 0 Å². The minimum absolute atomic E-state index is 0.0867. The van der Waals surface area contributed by atoms with E-state index in [1.807, 2.05) is 0 Å². The molecule has 0 atom stereocenters. The third kappa shape index (κ3) is 2.47. The van der Waals surface area contributed by atoms with Gasteiger partial charge < -0.3 is 0 Å². The van der Waals surface area contributed by atoms with Crippen LogP contribution in [0.25, 0.3) is 0 Å². The molecule has 0 saturated heterocycles. The molecule has 0 unspecified atom stereocenters. The fourth-order valence-electron chi connectivity index (χ4n) is 2.52. The molecule has 1 nitrogen and oxygen atoms in total. The Hall–Kier alpha value is -0.810. The zero-order valence-corrected chi connectivity index (χ0v) is 10.9. The summed E-state index contributed by atoms with van der Waals surface area (Å²) in [5.41, 5.74) is 1.69. The van der Waals surface area contributed by atoms with Crippen LogP contribution in [-0.2, 0) is 6.42 Å². The molecule has 16 heavy (non-hydrogen) atoms. The second-order valence-corrected chi connectivity index (χ2v) is 6.64. The molecule has 0 spiro atoms. The third-order valence-corrected chi connectivity index (χ3v) is 4.65. The Balaban J connectivity index is 2.08. The number of hydrogen-bond acceptors (Lipinski definition) is 2. The van der Waals surface area contributed by atoms with Crippen molar-refractivity contribution in [2.45, 2.75) is 46.0 Å². The van der Waals surface area contributed by atoms with Crippen molar-refractivity contribution in [3.63, 3.8) is 0 Å². The van der Waals surface area contributed by atoms with E-state index in [1.165, 1.54) is 18.4 Å². The summed E-state index contributed by atoms with van der Waals surface area (Å²) in [6, 6.07) is 4.75. The van der Waals surface area contributed by atoms with Gasteiger partial charge in [0.25, 0.3) is 0 Å². The third-order valence-electron chi connectivity index (χ3n) is 3.92. The Morgan fingerprint density at radius 3 is 2.50 bits per heavy atom. The van der Waals surface area contributed by atoms with Gasteiger partial charge in [0, 0.05) is 0 Å². The maximum absolute atomic E-state index is 9.46. The molecule has 1 saturated carbocycles. The van der Waals surface area contributed by atoms with Gasteiger partial charge in [0.1, 0.15) is 0 Å². The normalized spacial score (nSPS) is 22.6. The van der Waals surface area contributed by atoms with E-state index in [-0.39, 0.29) is 5.41 Å². The second-order valence-electron chi connectivity index (χ2n) is 5.86. The smallest absolute Gasteiger partial charge is 0.0693 e. The molecule has 2 rings (SSSR count). The average Bonchev–Trinajstić information content (AvgIpc) is 2.74. The van der Waals surface area contributed by atoms with Gasteiger partial charge in [-0.1, -0.05) is 13.8 Å². The van der Waals surface area contributed by atoms with Crippen LogP contribution in [0.2, 0.25) is 0 Å². The van der Waals surface area contributed by atoms with Crippen molar-refractivity contribution in [2.24, 2.45) is 10.8 Å². The average molecular weight is 233 g/mol. The van der Waals surface area contributed by atoms with Crippen LogP contribution in [0, 0.1) is 22.2 Å². The van der Waals surface area contributed by atoms with Gasteiger partial charge in [0.15, 0.2) is 0 Å². The van der Waals surface area contributed by atoms with Crippen molar-refractivity contribution in [3.8, 4) is 6.07 Å². The SMILES string of the molecule is CC1(C)CCC(C#N)(Cc2ccsc2)CC1. The molecule has 1 aromatic heterocycles. The van der Waals surface area contributed by atoms with Crippen LogP contribution in [0.3, 0.4) is 0 Å². The Morgan fingerprint density at radius 2 is 2.00 bits per heavy atom. The van der Waals surface area contributed by atoms with Crippen LogP contribution < -0.4 is 0 Å². The highest BCUT2D eigenvalue weighted by Gasteiger charge is 2.38. The van der Waals surface area contributed by atoms with Crippen molar-refractivity contribution in [3.05, 3.63) is 22.4 Å². The molecule has 0 aliphatic heterocycles. The van der Waals surface area contributed by atoms with Crippen LogP contribution in [0.5, 0.6) is 0 Å². The minimum Gasteiger partial charge on any atom is -0.198 e. The lowest BCUT2D eigenvalue weighted by atomic mass is 9.64. The van der Waals surface area contributed by atoms with E-state index < -0.39 is 0 Å². The van der Waals surface area contributed by atoms with E-state index in [2.05, 4.69) is 36.7 Å². The summed E-state index contributed by atoms with van der Waals surface area (Å²) < 4.78 is 0. The first-order valence-corrected chi connectivity index (χ1v) is 6.92. The fraction of sp³-hybridized carbons (Fsp3) is 0.643. The zero-order valence-electron chi connectivity index (χ0n) is 10.1. The van der Waals surface area contributed by atoms with Gasteiger partial charge in [-0.3, -0.25) is 0 Å². The van der Waals surface area contributed by atoms with Crippen LogP contribution in [0.1, 0.15) is 45.1 Å². The lowest BCUT2D eigenvalue weighted by Crippen LogP contribution is -2.31. The van der Waals surface area contributed by atoms with E-state index in [4.69, 9.17) is 0 Å². The fourth-order valence-corrected chi connectivity index (χ4v) is 3.19. The standard InChI is InChI=1S/C14H19NS/c1-13(2)4-6-14(11-15,7-5-13)9-12-3-8-16-10-12/h3,8,10H,4-7,9H2,1-2H3. The maximum Gasteiger partial charge on any atom is 0.0693 e. The molecule has 86 valence electrons. The topological polar surface area (TPSA) is 23.8 Å². The van der Waals surface area contributed by atoms with Crippen LogP contribution in [-0.4, -0.2) is 0 Å². The van der Waals surface area contributed by atoms with Gasteiger partial charge in [0.2, 0.25) is 0 Å². The number of nitriles is 1. The van der Waals surface area contributed by atoms with Crippen molar-refractivity contribution in [1.29, 1.82) is 5.26 Å². The molecule has 1 aliphatic rings. The molecule has 1 aliphatic carbocycles. The molecular weight excluding hydrogens is 214 g/mol. The van der Waals surface area contributed by atoms with Gasteiger partial charge in [-0.05, 0) is 59.9 Å². The highest BCUT2D eigenvalue weighted by atomic mass is 32.1. The summed E-state index contributed by atoms with van der Waals surface area (Å²) >= 11 is 1.73. The van der Waals surface area contributed by atoms with E-state index in [0.717, 1.165) is 19.3 Å². The summed E-state index contributed by atoms with van der Waals surface area (Å²) in [4.78, 5) is 0. The first-order valence-electron chi connectivity index (χ1n) is 5.98. The van der Waals surface area contributed by atoms with Crippen molar-refractivity contribution in [1.82, 2.24) is 0 Å². The number of thiophene rings is 1. The van der Waals surface area contributed by atoms with Crippen molar-refractivity contribution < 1.29 is 0 Å². The van der Waals surface area contributed by atoms with Crippen LogP contribution in [0.4, 0.5) is 0 Å². The second kappa shape index (κ2) is 4.22. The molecule has 1 fully saturated rings. The number of nitrogens with zero attached hydrogens (tertiary/aromatic N) is 1. The molecule has 0 radical (unpaired) electrons. The number of rotatable bonds is 2. The Morgan fingerprint density at radius 1 is 1.31 bits per heavy atom. The zero-order chi connectivity index (χ0) is 11.6. The van der Waals surface area contributed by atoms with E-state index in [9.17, 15) is 5.26 Å². The first-order chi connectivity index (χ1) is 7.55.